The summed E-state index contributed by atoms with van der Waals surface area (Å²) in [6.07, 6.45) is 0.664. The topological polar surface area (TPSA) is 29.5 Å². The fourth-order valence-electron chi connectivity index (χ4n) is 3.16. The second-order valence-corrected chi connectivity index (χ2v) is 8.21. The van der Waals surface area contributed by atoms with Crippen LogP contribution in [-0.2, 0) is 11.2 Å². The normalized spacial score (nSPS) is 17.0. The predicted octanol–water partition coefficient (Wildman–Crippen LogP) is 6.16. The van der Waals surface area contributed by atoms with E-state index >= 15 is 0 Å². The minimum Gasteiger partial charge on any atom is -0.443 e. The lowest BCUT2D eigenvalue weighted by molar-refractivity contribution is 0.0559. The van der Waals surface area contributed by atoms with Gasteiger partial charge in [0, 0.05) is 0 Å². The monoisotopic (exact) mass is 423 g/mol. The molecule has 3 rings (SSSR count). The van der Waals surface area contributed by atoms with Gasteiger partial charge in [0.25, 0.3) is 0 Å². The Morgan fingerprint density at radius 1 is 1.23 bits per heavy atom. The molecule has 0 fully saturated rings. The van der Waals surface area contributed by atoms with Crippen LogP contribution >= 0.6 is 15.9 Å². The predicted molar refractivity (Wildman–Crippen MR) is 100 cm³/mol. The van der Waals surface area contributed by atoms with Gasteiger partial charge in [0.15, 0.2) is 0 Å². The van der Waals surface area contributed by atoms with Crippen molar-refractivity contribution in [1.82, 2.24) is 0 Å². The van der Waals surface area contributed by atoms with Crippen molar-refractivity contribution in [2.75, 3.05) is 4.90 Å². The maximum Gasteiger partial charge on any atom is 0.415 e. The fourth-order valence-corrected chi connectivity index (χ4v) is 3.55. The molecule has 1 aliphatic heterocycles. The summed E-state index contributed by atoms with van der Waals surface area (Å²) in [5, 5.41) is 0. The number of ether oxygens (including phenoxy) is 1. The molecule has 0 N–H and O–H groups in total. The Hall–Kier alpha value is -1.95. The third kappa shape index (κ3) is 3.90. The van der Waals surface area contributed by atoms with Crippen molar-refractivity contribution in [2.24, 2.45) is 0 Å². The highest BCUT2D eigenvalue weighted by molar-refractivity contribution is 9.10. The zero-order valence-electron chi connectivity index (χ0n) is 14.9. The van der Waals surface area contributed by atoms with Crippen molar-refractivity contribution < 1.29 is 18.3 Å². The molecule has 26 heavy (non-hydrogen) atoms. The van der Waals surface area contributed by atoms with Crippen LogP contribution < -0.4 is 4.90 Å². The second kappa shape index (κ2) is 6.99. The van der Waals surface area contributed by atoms with Crippen LogP contribution in [0.2, 0.25) is 0 Å². The van der Waals surface area contributed by atoms with Gasteiger partial charge in [-0.15, -0.1) is 0 Å². The van der Waals surface area contributed by atoms with Gasteiger partial charge in [-0.1, -0.05) is 12.1 Å². The number of carbonyl (C=O) groups is 1. The number of amides is 1. The fraction of sp³-hybridized carbons (Fsp3) is 0.350. The number of fused-ring (bicyclic) bond motifs is 1. The molecule has 0 saturated heterocycles. The van der Waals surface area contributed by atoms with E-state index in [1.54, 1.807) is 39.0 Å². The summed E-state index contributed by atoms with van der Waals surface area (Å²) >= 11 is 3.19. The minimum absolute atomic E-state index is 0.351. The zero-order chi connectivity index (χ0) is 19.1. The maximum atomic E-state index is 14.2. The van der Waals surface area contributed by atoms with Gasteiger partial charge in [0.1, 0.15) is 17.2 Å². The highest BCUT2D eigenvalue weighted by atomic mass is 79.9. The quantitative estimate of drug-likeness (QED) is 0.549. The third-order valence-corrected chi connectivity index (χ3v) is 4.81. The van der Waals surface area contributed by atoms with Crippen LogP contribution in [-0.4, -0.2) is 11.7 Å². The molecule has 2 aromatic rings. The highest BCUT2D eigenvalue weighted by Gasteiger charge is 2.35. The lowest BCUT2D eigenvalue weighted by Gasteiger charge is -2.38. The summed E-state index contributed by atoms with van der Waals surface area (Å²) in [4.78, 5) is 14.4. The first-order valence-electron chi connectivity index (χ1n) is 8.41. The van der Waals surface area contributed by atoms with Crippen LogP contribution in [0.3, 0.4) is 0 Å². The summed E-state index contributed by atoms with van der Waals surface area (Å²) in [5.74, 6) is -0.836. The van der Waals surface area contributed by atoms with Gasteiger partial charge >= 0.3 is 6.09 Å². The van der Waals surface area contributed by atoms with E-state index in [0.29, 0.717) is 28.6 Å². The molecule has 6 heteroatoms. The number of nitrogens with zero attached hydrogens (tertiary/aromatic N) is 1. The van der Waals surface area contributed by atoms with Crippen LogP contribution in [0.25, 0.3) is 0 Å². The van der Waals surface area contributed by atoms with E-state index in [4.69, 9.17) is 4.74 Å². The Balaban J connectivity index is 2.09. The zero-order valence-corrected chi connectivity index (χ0v) is 16.4. The summed E-state index contributed by atoms with van der Waals surface area (Å²) in [6.45, 7) is 5.32. The van der Waals surface area contributed by atoms with Crippen molar-refractivity contribution in [3.05, 3.63) is 63.6 Å². The van der Waals surface area contributed by atoms with Gasteiger partial charge in [-0.3, -0.25) is 4.90 Å². The molecule has 2 aromatic carbocycles. The molecule has 0 aromatic heterocycles. The molecule has 1 heterocycles. The van der Waals surface area contributed by atoms with Crippen LogP contribution in [0.15, 0.2) is 40.9 Å². The number of carbonyl (C=O) groups excluding carboxylic acids is 1. The smallest absolute Gasteiger partial charge is 0.415 e. The number of anilines is 1. The van der Waals surface area contributed by atoms with Crippen LogP contribution in [0, 0.1) is 11.6 Å². The SMILES string of the molecule is CC(C)(C)OC(=O)N1c2cc(F)c(Br)cc2CCC1c1cccc(F)c1. The molecule has 1 atom stereocenters. The molecule has 1 unspecified atom stereocenters. The standard InChI is InChI=1S/C20H20BrF2NO2/c1-20(2,3)26-19(25)24-17(12-5-4-6-14(22)9-12)8-7-13-10-15(21)16(23)11-18(13)24/h4-6,9-11,17H,7-8H2,1-3H3. The Morgan fingerprint density at radius 3 is 2.62 bits per heavy atom. The molecule has 138 valence electrons. The first-order valence-corrected chi connectivity index (χ1v) is 9.20. The molecule has 3 nitrogen and oxygen atoms in total. The highest BCUT2D eigenvalue weighted by Crippen LogP contribution is 2.41. The summed E-state index contributed by atoms with van der Waals surface area (Å²) in [6, 6.07) is 8.73. The lowest BCUT2D eigenvalue weighted by atomic mass is 9.91. The van der Waals surface area contributed by atoms with Crippen LogP contribution in [0.4, 0.5) is 19.3 Å². The van der Waals surface area contributed by atoms with Gasteiger partial charge in [-0.25, -0.2) is 13.6 Å². The van der Waals surface area contributed by atoms with E-state index < -0.39 is 23.6 Å². The number of halogens is 3. The second-order valence-electron chi connectivity index (χ2n) is 7.35. The van der Waals surface area contributed by atoms with Crippen molar-refractivity contribution in [1.29, 1.82) is 0 Å². The first-order chi connectivity index (χ1) is 12.2. The first kappa shape index (κ1) is 18.8. The summed E-state index contributed by atoms with van der Waals surface area (Å²) < 4.78 is 33.8. The van der Waals surface area contributed by atoms with E-state index in [1.165, 1.54) is 23.1 Å². The summed E-state index contributed by atoms with van der Waals surface area (Å²) in [7, 11) is 0. The van der Waals surface area contributed by atoms with Crippen molar-refractivity contribution >= 4 is 27.7 Å². The largest absolute Gasteiger partial charge is 0.443 e. The van der Waals surface area contributed by atoms with E-state index in [9.17, 15) is 13.6 Å². The number of aryl methyl sites for hydroxylation is 1. The number of rotatable bonds is 1. The Labute approximate surface area is 160 Å². The summed E-state index contributed by atoms with van der Waals surface area (Å²) in [5.41, 5.74) is 1.26. The van der Waals surface area contributed by atoms with Crippen molar-refractivity contribution in [3.63, 3.8) is 0 Å². The Morgan fingerprint density at radius 2 is 1.96 bits per heavy atom. The molecule has 0 bridgehead atoms. The molecule has 0 saturated carbocycles. The van der Waals surface area contributed by atoms with Gasteiger partial charge in [0.05, 0.1) is 16.2 Å². The number of hydrogen-bond donors (Lipinski definition) is 0. The number of hydrogen-bond acceptors (Lipinski definition) is 2. The van der Waals surface area contributed by atoms with Crippen molar-refractivity contribution in [3.8, 4) is 0 Å². The van der Waals surface area contributed by atoms with Gasteiger partial charge in [-0.2, -0.15) is 0 Å². The van der Waals surface area contributed by atoms with Gasteiger partial charge in [-0.05, 0) is 84.9 Å². The van der Waals surface area contributed by atoms with Gasteiger partial charge < -0.3 is 4.74 Å². The van der Waals surface area contributed by atoms with Crippen molar-refractivity contribution in [2.45, 2.75) is 45.3 Å². The van der Waals surface area contributed by atoms with E-state index in [1.807, 2.05) is 0 Å². The van der Waals surface area contributed by atoms with E-state index in [2.05, 4.69) is 15.9 Å². The molecular weight excluding hydrogens is 404 g/mol. The molecule has 1 aliphatic rings. The Bertz CT molecular complexity index is 848. The lowest BCUT2D eigenvalue weighted by Crippen LogP contribution is -2.42. The molecule has 0 spiro atoms. The molecule has 1 amide bonds. The third-order valence-electron chi connectivity index (χ3n) is 4.20. The van der Waals surface area contributed by atoms with E-state index in [0.717, 1.165) is 5.56 Å². The Kier molecular flexibility index (Phi) is 5.06. The maximum absolute atomic E-state index is 14.2. The van der Waals surface area contributed by atoms with Crippen LogP contribution in [0.5, 0.6) is 0 Å². The molecule has 0 radical (unpaired) electrons. The minimum atomic E-state index is -0.699. The van der Waals surface area contributed by atoms with Crippen LogP contribution in [0.1, 0.15) is 44.4 Å². The molecule has 0 aliphatic carbocycles. The average molecular weight is 424 g/mol. The average Bonchev–Trinajstić information content (AvgIpc) is 2.53. The van der Waals surface area contributed by atoms with Gasteiger partial charge in [0.2, 0.25) is 0 Å². The number of benzene rings is 2. The van der Waals surface area contributed by atoms with E-state index in [-0.39, 0.29) is 5.82 Å². The molecular formula is C20H20BrF2NO2.